The zero-order valence-corrected chi connectivity index (χ0v) is 20.5. The summed E-state index contributed by atoms with van der Waals surface area (Å²) in [5.74, 6) is 0. The lowest BCUT2D eigenvalue weighted by molar-refractivity contribution is 0.102. The van der Waals surface area contributed by atoms with Gasteiger partial charge in [0.05, 0.1) is 6.10 Å². The molecule has 0 aliphatic heterocycles. The molecule has 3 nitrogen and oxygen atoms in total. The van der Waals surface area contributed by atoms with Gasteiger partial charge in [0.2, 0.25) is 8.32 Å². The highest BCUT2D eigenvalue weighted by Crippen LogP contribution is 2.44. The molecule has 0 fully saturated rings. The van der Waals surface area contributed by atoms with E-state index >= 15 is 0 Å². The van der Waals surface area contributed by atoms with E-state index in [0.29, 0.717) is 16.6 Å². The Labute approximate surface area is 171 Å². The van der Waals surface area contributed by atoms with Gasteiger partial charge in [-0.2, -0.15) is 0 Å². The average Bonchev–Trinajstić information content (AvgIpc) is 2.59. The van der Waals surface area contributed by atoms with Crippen molar-refractivity contribution in [2.24, 2.45) is 0 Å². The molecule has 0 aliphatic rings. The minimum absolute atomic E-state index is 0.223. The standard InChI is InChI=1S/C23H50O3Si/c1-8-9-10-11-15-23(17-16-22(25)14-12-13-18-24)26-27(19(2)3,20(4)5)21(6)7/h19-25H,8-18H2,1-7H3/t22-,23-/m0/s1. The van der Waals surface area contributed by atoms with Crippen molar-refractivity contribution in [3.8, 4) is 0 Å². The minimum atomic E-state index is -1.88. The van der Waals surface area contributed by atoms with Gasteiger partial charge in [-0.3, -0.25) is 0 Å². The van der Waals surface area contributed by atoms with Crippen LogP contribution in [-0.2, 0) is 4.43 Å². The van der Waals surface area contributed by atoms with Gasteiger partial charge in [0.15, 0.2) is 0 Å². The van der Waals surface area contributed by atoms with Gasteiger partial charge in [-0.1, -0.05) is 74.1 Å². The quantitative estimate of drug-likeness (QED) is 0.207. The molecule has 0 radical (unpaired) electrons. The third-order valence-corrected chi connectivity index (χ3v) is 12.4. The molecule has 0 rings (SSSR count). The van der Waals surface area contributed by atoms with Crippen LogP contribution in [0, 0.1) is 0 Å². The summed E-state index contributed by atoms with van der Waals surface area (Å²) in [6.07, 6.45) is 10.5. The van der Waals surface area contributed by atoms with E-state index in [1.165, 1.54) is 25.7 Å². The third-order valence-electron chi connectivity index (χ3n) is 6.22. The minimum Gasteiger partial charge on any atom is -0.413 e. The first-order chi connectivity index (χ1) is 12.7. The van der Waals surface area contributed by atoms with Crippen LogP contribution >= 0.6 is 0 Å². The van der Waals surface area contributed by atoms with Crippen LogP contribution in [-0.4, -0.2) is 37.3 Å². The Hall–Kier alpha value is 0.0969. The maximum absolute atomic E-state index is 10.3. The number of aliphatic hydroxyl groups excluding tert-OH is 2. The summed E-state index contributed by atoms with van der Waals surface area (Å²) in [4.78, 5) is 0. The Kier molecular flexibility index (Phi) is 15.1. The summed E-state index contributed by atoms with van der Waals surface area (Å²) in [7, 11) is -1.88. The van der Waals surface area contributed by atoms with Crippen LogP contribution in [0.5, 0.6) is 0 Å². The molecular formula is C23H50O3Si. The second-order valence-electron chi connectivity index (χ2n) is 9.36. The van der Waals surface area contributed by atoms with Crippen molar-refractivity contribution in [2.45, 2.75) is 142 Å². The molecule has 0 aromatic carbocycles. The monoisotopic (exact) mass is 402 g/mol. The molecule has 0 amide bonds. The van der Waals surface area contributed by atoms with Gasteiger partial charge in [-0.05, 0) is 55.1 Å². The van der Waals surface area contributed by atoms with Crippen molar-refractivity contribution in [3.05, 3.63) is 0 Å². The highest BCUT2D eigenvalue weighted by atomic mass is 28.4. The summed E-state index contributed by atoms with van der Waals surface area (Å²) in [5, 5.41) is 19.3. The van der Waals surface area contributed by atoms with Crippen LogP contribution in [0.4, 0.5) is 0 Å². The zero-order valence-electron chi connectivity index (χ0n) is 19.5. The van der Waals surface area contributed by atoms with E-state index in [9.17, 15) is 5.11 Å². The lowest BCUT2D eigenvalue weighted by atomic mass is 10.0. The maximum atomic E-state index is 10.3. The van der Waals surface area contributed by atoms with E-state index in [2.05, 4.69) is 48.5 Å². The van der Waals surface area contributed by atoms with Gasteiger partial charge in [-0.25, -0.2) is 0 Å². The van der Waals surface area contributed by atoms with E-state index in [1.54, 1.807) is 0 Å². The van der Waals surface area contributed by atoms with Crippen LogP contribution in [0.3, 0.4) is 0 Å². The van der Waals surface area contributed by atoms with E-state index in [1.807, 2.05) is 0 Å². The van der Waals surface area contributed by atoms with Crippen molar-refractivity contribution < 1.29 is 14.6 Å². The second kappa shape index (κ2) is 15.0. The van der Waals surface area contributed by atoms with Crippen molar-refractivity contribution in [3.63, 3.8) is 0 Å². The molecular weight excluding hydrogens is 352 g/mol. The van der Waals surface area contributed by atoms with Gasteiger partial charge < -0.3 is 14.6 Å². The molecule has 0 heterocycles. The largest absolute Gasteiger partial charge is 0.413 e. The number of aliphatic hydroxyl groups is 2. The molecule has 2 atom stereocenters. The smallest absolute Gasteiger partial charge is 0.200 e. The summed E-state index contributed by atoms with van der Waals surface area (Å²) in [5.41, 5.74) is 1.81. The Balaban J connectivity index is 4.99. The van der Waals surface area contributed by atoms with Crippen molar-refractivity contribution in [1.29, 1.82) is 0 Å². The highest BCUT2D eigenvalue weighted by molar-refractivity contribution is 6.77. The number of unbranched alkanes of at least 4 members (excludes halogenated alkanes) is 4. The van der Waals surface area contributed by atoms with E-state index < -0.39 is 8.32 Å². The number of hydrogen-bond acceptors (Lipinski definition) is 3. The van der Waals surface area contributed by atoms with Gasteiger partial charge in [0, 0.05) is 12.7 Å². The second-order valence-corrected chi connectivity index (χ2v) is 14.8. The molecule has 0 saturated heterocycles. The van der Waals surface area contributed by atoms with E-state index in [-0.39, 0.29) is 18.8 Å². The Morgan fingerprint density at radius 2 is 1.26 bits per heavy atom. The summed E-state index contributed by atoms with van der Waals surface area (Å²) in [6.45, 7) is 16.6. The van der Waals surface area contributed by atoms with E-state index in [0.717, 1.165) is 38.5 Å². The van der Waals surface area contributed by atoms with Gasteiger partial charge in [0.25, 0.3) is 0 Å². The molecule has 4 heteroatoms. The molecule has 0 unspecified atom stereocenters. The first kappa shape index (κ1) is 27.1. The predicted octanol–water partition coefficient (Wildman–Crippen LogP) is 6.82. The number of hydrogen-bond donors (Lipinski definition) is 2. The summed E-state index contributed by atoms with van der Waals surface area (Å²) in [6, 6.07) is 0. The van der Waals surface area contributed by atoms with Crippen LogP contribution in [0.2, 0.25) is 16.6 Å². The zero-order chi connectivity index (χ0) is 20.9. The molecule has 0 aliphatic carbocycles. The average molecular weight is 403 g/mol. The number of rotatable bonds is 17. The molecule has 2 N–H and O–H groups in total. The topological polar surface area (TPSA) is 49.7 Å². The van der Waals surface area contributed by atoms with Gasteiger partial charge in [-0.15, -0.1) is 0 Å². The molecule has 0 aromatic rings. The van der Waals surface area contributed by atoms with Crippen LogP contribution in [0.25, 0.3) is 0 Å². The fourth-order valence-corrected chi connectivity index (χ4v) is 10.4. The molecule has 164 valence electrons. The molecule has 0 saturated carbocycles. The predicted molar refractivity (Wildman–Crippen MR) is 121 cm³/mol. The van der Waals surface area contributed by atoms with Crippen LogP contribution in [0.15, 0.2) is 0 Å². The van der Waals surface area contributed by atoms with Crippen LogP contribution in [0.1, 0.15) is 113 Å². The van der Waals surface area contributed by atoms with Gasteiger partial charge >= 0.3 is 0 Å². The Morgan fingerprint density at radius 3 is 1.74 bits per heavy atom. The lowest BCUT2D eigenvalue weighted by Crippen LogP contribution is -2.50. The Morgan fingerprint density at radius 1 is 0.704 bits per heavy atom. The van der Waals surface area contributed by atoms with Crippen LogP contribution < -0.4 is 0 Å². The van der Waals surface area contributed by atoms with Crippen molar-refractivity contribution >= 4 is 8.32 Å². The molecule has 27 heavy (non-hydrogen) atoms. The third kappa shape index (κ3) is 9.91. The fourth-order valence-electron chi connectivity index (χ4n) is 4.77. The van der Waals surface area contributed by atoms with E-state index in [4.69, 9.17) is 9.53 Å². The van der Waals surface area contributed by atoms with Crippen molar-refractivity contribution in [1.82, 2.24) is 0 Å². The SMILES string of the molecule is CCCCCC[C@@H](CC[C@@H](O)CCCCO)O[Si](C(C)C)(C(C)C)C(C)C. The normalized spacial score (nSPS) is 15.1. The molecule has 0 bridgehead atoms. The van der Waals surface area contributed by atoms with Crippen molar-refractivity contribution in [2.75, 3.05) is 6.61 Å². The maximum Gasteiger partial charge on any atom is 0.200 e. The first-order valence-corrected chi connectivity index (χ1v) is 13.8. The summed E-state index contributed by atoms with van der Waals surface area (Å²) >= 11 is 0. The lowest BCUT2D eigenvalue weighted by Gasteiger charge is -2.45. The fraction of sp³-hybridized carbons (Fsp3) is 1.00. The first-order valence-electron chi connectivity index (χ1n) is 11.7. The Bertz CT molecular complexity index is 323. The summed E-state index contributed by atoms with van der Waals surface area (Å²) < 4.78 is 7.07. The highest BCUT2D eigenvalue weighted by Gasteiger charge is 2.46. The molecule has 0 spiro atoms. The molecule has 0 aromatic heterocycles. The van der Waals surface area contributed by atoms with Gasteiger partial charge in [0.1, 0.15) is 0 Å².